The van der Waals surface area contributed by atoms with Gasteiger partial charge in [0.25, 0.3) is 5.91 Å². The molecule has 1 saturated heterocycles. The molecular formula is C15H19NO3. The van der Waals surface area contributed by atoms with Crippen LogP contribution in [0.2, 0.25) is 0 Å². The average molecular weight is 261 g/mol. The molecule has 1 aliphatic carbocycles. The number of nitrogens with one attached hydrogen (secondary N) is 1. The zero-order chi connectivity index (χ0) is 13.4. The molecule has 2 fully saturated rings. The molecule has 1 saturated carbocycles. The van der Waals surface area contributed by atoms with Crippen molar-refractivity contribution < 1.29 is 14.3 Å². The van der Waals surface area contributed by atoms with Gasteiger partial charge in [-0.1, -0.05) is 0 Å². The van der Waals surface area contributed by atoms with Gasteiger partial charge in [-0.3, -0.25) is 4.79 Å². The Morgan fingerprint density at radius 3 is 3.00 bits per heavy atom. The van der Waals surface area contributed by atoms with E-state index in [0.29, 0.717) is 12.0 Å². The van der Waals surface area contributed by atoms with Crippen molar-refractivity contribution in [2.45, 2.75) is 31.9 Å². The monoisotopic (exact) mass is 261 g/mol. The van der Waals surface area contributed by atoms with Gasteiger partial charge < -0.3 is 14.8 Å². The van der Waals surface area contributed by atoms with Crippen LogP contribution in [0.4, 0.5) is 0 Å². The molecule has 0 spiro atoms. The minimum Gasteiger partial charge on any atom is -0.497 e. The molecule has 0 radical (unpaired) electrons. The van der Waals surface area contributed by atoms with E-state index in [-0.39, 0.29) is 11.9 Å². The number of carbonyl (C=O) groups is 1. The molecule has 1 N–H and O–H groups in total. The van der Waals surface area contributed by atoms with Gasteiger partial charge >= 0.3 is 0 Å². The van der Waals surface area contributed by atoms with Crippen molar-refractivity contribution in [1.29, 1.82) is 0 Å². The Kier molecular flexibility index (Phi) is 3.19. The molecule has 4 nitrogen and oxygen atoms in total. The maximum atomic E-state index is 12.3. The fourth-order valence-electron chi connectivity index (χ4n) is 3.03. The Balaban J connectivity index is 1.67. The lowest BCUT2D eigenvalue weighted by Crippen LogP contribution is -2.53. The fraction of sp³-hybridized carbons (Fsp3) is 0.533. The van der Waals surface area contributed by atoms with Gasteiger partial charge in [-0.15, -0.1) is 0 Å². The highest BCUT2D eigenvalue weighted by molar-refractivity contribution is 5.96. The van der Waals surface area contributed by atoms with Gasteiger partial charge in [0, 0.05) is 24.1 Å². The lowest BCUT2D eigenvalue weighted by atomic mass is 9.76. The van der Waals surface area contributed by atoms with Crippen LogP contribution in [0.15, 0.2) is 18.2 Å². The lowest BCUT2D eigenvalue weighted by Gasteiger charge is -2.39. The van der Waals surface area contributed by atoms with Crippen LogP contribution >= 0.6 is 0 Å². The van der Waals surface area contributed by atoms with E-state index >= 15 is 0 Å². The Labute approximate surface area is 113 Å². The number of ether oxygens (including phenoxy) is 2. The topological polar surface area (TPSA) is 47.6 Å². The number of rotatable bonds is 3. The van der Waals surface area contributed by atoms with Gasteiger partial charge in [-0.2, -0.15) is 0 Å². The molecule has 3 rings (SSSR count). The molecule has 102 valence electrons. The number of fused-ring (bicyclic) bond motifs is 1. The molecular weight excluding hydrogens is 242 g/mol. The number of aryl methyl sites for hydroxylation is 1. The van der Waals surface area contributed by atoms with E-state index in [1.807, 2.05) is 25.1 Å². The Hall–Kier alpha value is -1.55. The molecule has 1 heterocycles. The van der Waals surface area contributed by atoms with Crippen LogP contribution in [-0.4, -0.2) is 31.8 Å². The summed E-state index contributed by atoms with van der Waals surface area (Å²) in [6, 6.07) is 5.81. The predicted octanol–water partition coefficient (Wildman–Crippen LogP) is 1.91. The normalized spacial score (nSPS) is 28.4. The molecule has 2 aliphatic rings. The smallest absolute Gasteiger partial charge is 0.251 e. The lowest BCUT2D eigenvalue weighted by molar-refractivity contribution is 0.00809. The zero-order valence-corrected chi connectivity index (χ0v) is 11.3. The van der Waals surface area contributed by atoms with E-state index in [0.717, 1.165) is 36.3 Å². The molecule has 3 atom stereocenters. The first-order chi connectivity index (χ1) is 9.19. The summed E-state index contributed by atoms with van der Waals surface area (Å²) in [5.41, 5.74) is 1.67. The van der Waals surface area contributed by atoms with Crippen LogP contribution in [0, 0.1) is 12.8 Å². The largest absolute Gasteiger partial charge is 0.497 e. The van der Waals surface area contributed by atoms with Crippen LogP contribution < -0.4 is 10.1 Å². The number of benzene rings is 1. The quantitative estimate of drug-likeness (QED) is 0.904. The Morgan fingerprint density at radius 2 is 2.32 bits per heavy atom. The van der Waals surface area contributed by atoms with Crippen molar-refractivity contribution in [2.24, 2.45) is 5.92 Å². The Bertz CT molecular complexity index is 500. The second kappa shape index (κ2) is 4.85. The molecule has 1 amide bonds. The van der Waals surface area contributed by atoms with Gasteiger partial charge in [-0.05, 0) is 43.5 Å². The Morgan fingerprint density at radius 1 is 1.47 bits per heavy atom. The third-order valence-corrected chi connectivity index (χ3v) is 4.26. The van der Waals surface area contributed by atoms with E-state index in [4.69, 9.17) is 9.47 Å². The fourth-order valence-corrected chi connectivity index (χ4v) is 3.03. The van der Waals surface area contributed by atoms with Crippen molar-refractivity contribution in [1.82, 2.24) is 5.32 Å². The summed E-state index contributed by atoms with van der Waals surface area (Å²) in [7, 11) is 1.63. The number of hydrogen-bond acceptors (Lipinski definition) is 3. The molecule has 1 aromatic carbocycles. The predicted molar refractivity (Wildman–Crippen MR) is 71.4 cm³/mol. The molecule has 1 aromatic rings. The van der Waals surface area contributed by atoms with E-state index in [1.165, 1.54) is 0 Å². The molecule has 0 bridgehead atoms. The second-order valence-electron chi connectivity index (χ2n) is 5.36. The van der Waals surface area contributed by atoms with Crippen molar-refractivity contribution in [3.05, 3.63) is 29.3 Å². The zero-order valence-electron chi connectivity index (χ0n) is 11.3. The van der Waals surface area contributed by atoms with Crippen LogP contribution in [0.1, 0.15) is 28.8 Å². The van der Waals surface area contributed by atoms with Crippen LogP contribution in [0.25, 0.3) is 0 Å². The number of hydrogen-bond donors (Lipinski definition) is 1. The van der Waals surface area contributed by atoms with Gasteiger partial charge in [0.15, 0.2) is 0 Å². The highest BCUT2D eigenvalue weighted by atomic mass is 16.5. The first kappa shape index (κ1) is 12.5. The van der Waals surface area contributed by atoms with E-state index in [2.05, 4.69) is 5.32 Å². The van der Waals surface area contributed by atoms with Gasteiger partial charge in [0.05, 0.1) is 13.2 Å². The van der Waals surface area contributed by atoms with Crippen molar-refractivity contribution in [3.63, 3.8) is 0 Å². The molecule has 0 aromatic heterocycles. The van der Waals surface area contributed by atoms with Crippen LogP contribution in [0.3, 0.4) is 0 Å². The average Bonchev–Trinajstić information content (AvgIpc) is 2.76. The summed E-state index contributed by atoms with van der Waals surface area (Å²) in [5, 5.41) is 3.12. The first-order valence-electron chi connectivity index (χ1n) is 6.76. The van der Waals surface area contributed by atoms with Gasteiger partial charge in [0.2, 0.25) is 0 Å². The summed E-state index contributed by atoms with van der Waals surface area (Å²) >= 11 is 0. The minimum atomic E-state index is 0.00973. The molecule has 4 heteroatoms. The summed E-state index contributed by atoms with van der Waals surface area (Å²) in [5.74, 6) is 1.31. The van der Waals surface area contributed by atoms with Crippen molar-refractivity contribution in [2.75, 3.05) is 13.7 Å². The van der Waals surface area contributed by atoms with E-state index in [1.54, 1.807) is 7.11 Å². The summed E-state index contributed by atoms with van der Waals surface area (Å²) in [6.07, 6.45) is 2.39. The van der Waals surface area contributed by atoms with Crippen molar-refractivity contribution in [3.8, 4) is 5.75 Å². The highest BCUT2D eigenvalue weighted by Crippen LogP contribution is 2.38. The maximum Gasteiger partial charge on any atom is 0.251 e. The molecule has 0 unspecified atom stereocenters. The SMILES string of the molecule is COc1ccc(C(=O)N[C@@H]2C[C@H]3OCC[C@@H]23)c(C)c1. The van der Waals surface area contributed by atoms with Crippen LogP contribution in [0.5, 0.6) is 5.75 Å². The maximum absolute atomic E-state index is 12.3. The number of methoxy groups -OCH3 is 1. The summed E-state index contributed by atoms with van der Waals surface area (Å²) in [4.78, 5) is 12.3. The van der Waals surface area contributed by atoms with E-state index in [9.17, 15) is 4.79 Å². The highest BCUT2D eigenvalue weighted by Gasteiger charge is 2.45. The number of carbonyl (C=O) groups excluding carboxylic acids is 1. The first-order valence-corrected chi connectivity index (χ1v) is 6.76. The molecule has 19 heavy (non-hydrogen) atoms. The van der Waals surface area contributed by atoms with E-state index < -0.39 is 0 Å². The standard InChI is InChI=1S/C15H19NO3/c1-9-7-10(18-2)3-4-11(9)15(17)16-13-8-14-12(13)5-6-19-14/h3-4,7,12-14H,5-6,8H2,1-2H3,(H,16,17)/t12-,13+,14+/m0/s1. The third-order valence-electron chi connectivity index (χ3n) is 4.26. The number of amides is 1. The third kappa shape index (κ3) is 2.21. The summed E-state index contributed by atoms with van der Waals surface area (Å²) in [6.45, 7) is 2.77. The van der Waals surface area contributed by atoms with Gasteiger partial charge in [-0.25, -0.2) is 0 Å². The molecule has 1 aliphatic heterocycles. The van der Waals surface area contributed by atoms with Gasteiger partial charge in [0.1, 0.15) is 5.75 Å². The van der Waals surface area contributed by atoms with Crippen molar-refractivity contribution >= 4 is 5.91 Å². The minimum absolute atomic E-state index is 0.00973. The van der Waals surface area contributed by atoms with Crippen LogP contribution in [-0.2, 0) is 4.74 Å². The second-order valence-corrected chi connectivity index (χ2v) is 5.36. The summed E-state index contributed by atoms with van der Waals surface area (Å²) < 4.78 is 10.7.